The van der Waals surface area contributed by atoms with Gasteiger partial charge in [0.15, 0.2) is 5.13 Å². The third kappa shape index (κ3) is 3.00. The summed E-state index contributed by atoms with van der Waals surface area (Å²) in [5, 5.41) is 5.51. The van der Waals surface area contributed by atoms with Gasteiger partial charge in [-0.25, -0.2) is 4.98 Å². The number of nitrogens with one attached hydrogen (secondary N) is 1. The molecule has 1 aliphatic heterocycles. The molecule has 0 radical (unpaired) electrons. The second-order valence-corrected chi connectivity index (χ2v) is 7.40. The average Bonchev–Trinajstić information content (AvgIpc) is 3.20. The van der Waals surface area contributed by atoms with Crippen LogP contribution in [-0.2, 0) is 9.59 Å². The Morgan fingerprint density at radius 3 is 2.84 bits per heavy atom. The second-order valence-electron chi connectivity index (χ2n) is 6.17. The zero-order valence-corrected chi connectivity index (χ0v) is 14.5. The number of fused-ring (bicyclic) bond motifs is 1. The first-order valence-electron chi connectivity index (χ1n) is 8.13. The molecule has 0 bridgehead atoms. The smallest absolute Gasteiger partial charge is 0.231 e. The molecule has 1 N–H and O–H groups in total. The molecule has 3 aromatic rings. The zero-order chi connectivity index (χ0) is 17.4. The number of nitrogens with zero attached hydrogens (tertiary/aromatic N) is 2. The molecule has 1 saturated heterocycles. The molecule has 4 rings (SSSR count). The van der Waals surface area contributed by atoms with Gasteiger partial charge in [-0.2, -0.15) is 0 Å². The number of carbonyl (C=O) groups is 2. The van der Waals surface area contributed by atoms with Crippen molar-refractivity contribution in [2.75, 3.05) is 16.8 Å². The van der Waals surface area contributed by atoms with Crippen LogP contribution >= 0.6 is 11.3 Å². The summed E-state index contributed by atoms with van der Waals surface area (Å²) < 4.78 is 0. The first-order valence-corrected chi connectivity index (χ1v) is 8.95. The van der Waals surface area contributed by atoms with Crippen molar-refractivity contribution in [3.8, 4) is 0 Å². The highest BCUT2D eigenvalue weighted by atomic mass is 32.1. The van der Waals surface area contributed by atoms with Crippen LogP contribution < -0.4 is 10.2 Å². The molecule has 1 atom stereocenters. The molecule has 2 amide bonds. The van der Waals surface area contributed by atoms with Crippen LogP contribution in [0.1, 0.15) is 11.3 Å². The molecule has 1 aromatic heterocycles. The van der Waals surface area contributed by atoms with Crippen LogP contribution in [0.4, 0.5) is 10.8 Å². The molecule has 126 valence electrons. The fourth-order valence-corrected chi connectivity index (χ4v) is 3.85. The van der Waals surface area contributed by atoms with E-state index in [9.17, 15) is 9.59 Å². The maximum Gasteiger partial charge on any atom is 0.231 e. The molecule has 0 spiro atoms. The third-order valence-corrected chi connectivity index (χ3v) is 5.23. The van der Waals surface area contributed by atoms with Gasteiger partial charge in [-0.15, -0.1) is 11.3 Å². The van der Waals surface area contributed by atoms with E-state index in [4.69, 9.17) is 0 Å². The minimum Gasteiger partial charge on any atom is -0.311 e. The van der Waals surface area contributed by atoms with Crippen LogP contribution in [0.15, 0.2) is 48.7 Å². The second kappa shape index (κ2) is 6.29. The van der Waals surface area contributed by atoms with E-state index in [1.807, 2.05) is 49.4 Å². The van der Waals surface area contributed by atoms with Crippen LogP contribution in [0.3, 0.4) is 0 Å². The molecule has 2 heterocycles. The van der Waals surface area contributed by atoms with E-state index in [2.05, 4.69) is 10.3 Å². The Morgan fingerprint density at radius 2 is 2.04 bits per heavy atom. The minimum atomic E-state index is -0.365. The van der Waals surface area contributed by atoms with Gasteiger partial charge in [0, 0.05) is 29.4 Å². The zero-order valence-electron chi connectivity index (χ0n) is 13.7. The van der Waals surface area contributed by atoms with E-state index in [-0.39, 0.29) is 24.2 Å². The molecule has 1 fully saturated rings. The summed E-state index contributed by atoms with van der Waals surface area (Å²) in [7, 11) is 0. The standard InChI is InChI=1S/C19H17N3O2S/c1-12-10-20-19(25-12)21-18(24)14-9-17(23)22(11-14)16-8-4-6-13-5-2-3-7-15(13)16/h2-8,10,14H,9,11H2,1H3,(H,20,21,24). The Hall–Kier alpha value is -2.73. The van der Waals surface area contributed by atoms with E-state index in [1.165, 1.54) is 11.3 Å². The van der Waals surface area contributed by atoms with Crippen molar-refractivity contribution in [2.45, 2.75) is 13.3 Å². The predicted octanol–water partition coefficient (Wildman–Crippen LogP) is 3.60. The summed E-state index contributed by atoms with van der Waals surface area (Å²) in [5.41, 5.74) is 0.864. The Labute approximate surface area is 149 Å². The van der Waals surface area contributed by atoms with Crippen molar-refractivity contribution in [1.82, 2.24) is 4.98 Å². The van der Waals surface area contributed by atoms with E-state index in [1.54, 1.807) is 11.1 Å². The van der Waals surface area contributed by atoms with Gasteiger partial charge in [-0.3, -0.25) is 9.59 Å². The number of hydrogen-bond acceptors (Lipinski definition) is 4. The maximum atomic E-state index is 12.5. The number of hydrogen-bond donors (Lipinski definition) is 1. The van der Waals surface area contributed by atoms with Crippen molar-refractivity contribution >= 4 is 44.7 Å². The molecule has 1 aliphatic rings. The highest BCUT2D eigenvalue weighted by Gasteiger charge is 2.35. The number of aromatic nitrogens is 1. The number of aryl methyl sites for hydroxylation is 1. The molecule has 0 aliphatic carbocycles. The summed E-state index contributed by atoms with van der Waals surface area (Å²) in [4.78, 5) is 31.9. The number of amides is 2. The average molecular weight is 351 g/mol. The molecular weight excluding hydrogens is 334 g/mol. The fourth-order valence-electron chi connectivity index (χ4n) is 3.18. The highest BCUT2D eigenvalue weighted by Crippen LogP contribution is 2.32. The van der Waals surface area contributed by atoms with E-state index >= 15 is 0 Å². The predicted molar refractivity (Wildman–Crippen MR) is 99.9 cm³/mol. The van der Waals surface area contributed by atoms with Gasteiger partial charge in [0.2, 0.25) is 11.8 Å². The normalized spacial score (nSPS) is 17.2. The van der Waals surface area contributed by atoms with Crippen molar-refractivity contribution in [2.24, 2.45) is 5.92 Å². The van der Waals surface area contributed by atoms with Crippen molar-refractivity contribution in [1.29, 1.82) is 0 Å². The summed E-state index contributed by atoms with van der Waals surface area (Å²) >= 11 is 1.43. The van der Waals surface area contributed by atoms with Gasteiger partial charge < -0.3 is 10.2 Å². The Kier molecular flexibility index (Phi) is 3.97. The van der Waals surface area contributed by atoms with Crippen LogP contribution in [-0.4, -0.2) is 23.3 Å². The van der Waals surface area contributed by atoms with Gasteiger partial charge in [0.25, 0.3) is 0 Å². The molecular formula is C19H17N3O2S. The van der Waals surface area contributed by atoms with Gasteiger partial charge >= 0.3 is 0 Å². The summed E-state index contributed by atoms with van der Waals surface area (Å²) in [6.07, 6.45) is 1.95. The monoisotopic (exact) mass is 351 g/mol. The van der Waals surface area contributed by atoms with Crippen molar-refractivity contribution in [3.63, 3.8) is 0 Å². The Morgan fingerprint density at radius 1 is 1.24 bits per heavy atom. The third-order valence-electron chi connectivity index (χ3n) is 4.40. The first kappa shape index (κ1) is 15.8. The van der Waals surface area contributed by atoms with Crippen LogP contribution in [0.2, 0.25) is 0 Å². The van der Waals surface area contributed by atoms with Crippen LogP contribution in [0.5, 0.6) is 0 Å². The lowest BCUT2D eigenvalue weighted by Crippen LogP contribution is -2.28. The quantitative estimate of drug-likeness (QED) is 0.784. The van der Waals surface area contributed by atoms with E-state index < -0.39 is 0 Å². The molecule has 25 heavy (non-hydrogen) atoms. The topological polar surface area (TPSA) is 62.3 Å². The number of rotatable bonds is 3. The van der Waals surface area contributed by atoms with Crippen LogP contribution in [0.25, 0.3) is 10.8 Å². The number of carbonyl (C=O) groups excluding carboxylic acids is 2. The van der Waals surface area contributed by atoms with E-state index in [0.29, 0.717) is 11.7 Å². The Balaban J connectivity index is 1.56. The number of thiazole rings is 1. The molecule has 6 heteroatoms. The van der Waals surface area contributed by atoms with Crippen LogP contribution in [0, 0.1) is 12.8 Å². The lowest BCUT2D eigenvalue weighted by atomic mass is 10.1. The lowest BCUT2D eigenvalue weighted by Gasteiger charge is -2.18. The minimum absolute atomic E-state index is 0.0215. The van der Waals surface area contributed by atoms with E-state index in [0.717, 1.165) is 21.3 Å². The fraction of sp³-hybridized carbons (Fsp3) is 0.211. The molecule has 0 saturated carbocycles. The highest BCUT2D eigenvalue weighted by molar-refractivity contribution is 7.15. The molecule has 1 unspecified atom stereocenters. The summed E-state index contributed by atoms with van der Waals surface area (Å²) in [6, 6.07) is 13.9. The molecule has 2 aromatic carbocycles. The van der Waals surface area contributed by atoms with Gasteiger partial charge in [0.1, 0.15) is 0 Å². The summed E-state index contributed by atoms with van der Waals surface area (Å²) in [6.45, 7) is 2.33. The summed E-state index contributed by atoms with van der Waals surface area (Å²) in [5.74, 6) is -0.534. The number of anilines is 2. The molecule has 5 nitrogen and oxygen atoms in total. The maximum absolute atomic E-state index is 12.5. The van der Waals surface area contributed by atoms with Gasteiger partial charge in [-0.1, -0.05) is 36.4 Å². The first-order chi connectivity index (χ1) is 12.1. The van der Waals surface area contributed by atoms with Gasteiger partial charge in [0.05, 0.1) is 11.6 Å². The SMILES string of the molecule is Cc1cnc(NC(=O)C2CC(=O)N(c3cccc4ccccc34)C2)s1. The van der Waals surface area contributed by atoms with Crippen molar-refractivity contribution < 1.29 is 9.59 Å². The number of benzene rings is 2. The Bertz CT molecular complexity index is 961. The van der Waals surface area contributed by atoms with Gasteiger partial charge in [-0.05, 0) is 18.4 Å². The lowest BCUT2D eigenvalue weighted by molar-refractivity contribution is -0.122. The van der Waals surface area contributed by atoms with Crippen molar-refractivity contribution in [3.05, 3.63) is 53.5 Å². The largest absolute Gasteiger partial charge is 0.311 e.